The van der Waals surface area contributed by atoms with Crippen molar-refractivity contribution in [3.05, 3.63) is 58.9 Å². The Bertz CT molecular complexity index is 580. The molecule has 0 fully saturated rings. The first kappa shape index (κ1) is 11.2. The van der Waals surface area contributed by atoms with Gasteiger partial charge in [0.25, 0.3) is 0 Å². The average molecular weight is 222 g/mol. The molecule has 0 bridgehead atoms. The minimum absolute atomic E-state index is 0.673. The molecule has 2 heteroatoms. The molecule has 0 saturated carbocycles. The topological polar surface area (TPSA) is 39.6 Å². The van der Waals surface area contributed by atoms with E-state index in [-0.39, 0.29) is 0 Å². The lowest BCUT2D eigenvalue weighted by Crippen LogP contribution is -1.83. The molecule has 0 unspecified atom stereocenters. The van der Waals surface area contributed by atoms with Gasteiger partial charge >= 0.3 is 0 Å². The van der Waals surface area contributed by atoms with E-state index in [1.54, 1.807) is 0 Å². The van der Waals surface area contributed by atoms with Crippen LogP contribution in [0.25, 0.3) is 11.6 Å². The molecule has 2 rings (SSSR count). The zero-order valence-corrected chi connectivity index (χ0v) is 9.99. The Morgan fingerprint density at radius 3 is 2.35 bits per heavy atom. The maximum absolute atomic E-state index is 9.18. The Labute approximate surface area is 101 Å². The Morgan fingerprint density at radius 1 is 1.12 bits per heavy atom. The van der Waals surface area contributed by atoms with Gasteiger partial charge in [-0.3, -0.25) is 0 Å². The third kappa shape index (κ3) is 2.64. The fourth-order valence-electron chi connectivity index (χ4n) is 1.68. The predicted molar refractivity (Wildman–Crippen MR) is 70.2 cm³/mol. The number of benzene rings is 1. The SMILES string of the molecule is Cc1ccc(/C(C#N)=C/c2ccc(C)[nH]2)cc1. The van der Waals surface area contributed by atoms with Crippen LogP contribution in [-0.2, 0) is 0 Å². The first-order chi connectivity index (χ1) is 8.19. The molecule has 2 aromatic rings. The van der Waals surface area contributed by atoms with Crippen LogP contribution in [0.4, 0.5) is 0 Å². The van der Waals surface area contributed by atoms with Crippen LogP contribution >= 0.6 is 0 Å². The Morgan fingerprint density at radius 2 is 1.82 bits per heavy atom. The summed E-state index contributed by atoms with van der Waals surface area (Å²) in [4.78, 5) is 3.19. The lowest BCUT2D eigenvalue weighted by molar-refractivity contribution is 1.25. The van der Waals surface area contributed by atoms with E-state index in [9.17, 15) is 5.26 Å². The van der Waals surface area contributed by atoms with E-state index in [2.05, 4.69) is 11.1 Å². The van der Waals surface area contributed by atoms with E-state index in [1.165, 1.54) is 5.56 Å². The van der Waals surface area contributed by atoms with E-state index in [4.69, 9.17) is 0 Å². The quantitative estimate of drug-likeness (QED) is 0.773. The average Bonchev–Trinajstić information content (AvgIpc) is 2.73. The zero-order valence-electron chi connectivity index (χ0n) is 9.99. The van der Waals surface area contributed by atoms with Crippen molar-refractivity contribution in [2.45, 2.75) is 13.8 Å². The maximum atomic E-state index is 9.18. The van der Waals surface area contributed by atoms with Crippen molar-refractivity contribution < 1.29 is 0 Å². The summed E-state index contributed by atoms with van der Waals surface area (Å²) in [7, 11) is 0. The third-order valence-electron chi connectivity index (χ3n) is 2.64. The summed E-state index contributed by atoms with van der Waals surface area (Å²) in [6.07, 6.45) is 1.87. The highest BCUT2D eigenvalue weighted by Crippen LogP contribution is 2.17. The summed E-state index contributed by atoms with van der Waals surface area (Å²) in [5.74, 6) is 0. The Kier molecular flexibility index (Phi) is 3.11. The minimum Gasteiger partial charge on any atom is -0.359 e. The van der Waals surface area contributed by atoms with Crippen LogP contribution in [0.15, 0.2) is 36.4 Å². The second-order valence-electron chi connectivity index (χ2n) is 4.13. The number of aromatic amines is 1. The van der Waals surface area contributed by atoms with Crippen molar-refractivity contribution in [3.8, 4) is 6.07 Å². The molecular weight excluding hydrogens is 208 g/mol. The number of hydrogen-bond acceptors (Lipinski definition) is 1. The van der Waals surface area contributed by atoms with Crippen LogP contribution in [0, 0.1) is 25.2 Å². The standard InChI is InChI=1S/C15H14N2/c1-11-3-6-13(7-4-11)14(10-16)9-15-8-5-12(2)17-15/h3-9,17H,1-2H3/b14-9+. The normalized spacial score (nSPS) is 11.2. The van der Waals surface area contributed by atoms with Gasteiger partial charge in [0.15, 0.2) is 0 Å². The van der Waals surface area contributed by atoms with Crippen LogP contribution in [0.5, 0.6) is 0 Å². The van der Waals surface area contributed by atoms with Crippen LogP contribution in [0.1, 0.15) is 22.5 Å². The number of rotatable bonds is 2. The molecule has 17 heavy (non-hydrogen) atoms. The van der Waals surface area contributed by atoms with Gasteiger partial charge < -0.3 is 4.98 Å². The lowest BCUT2D eigenvalue weighted by atomic mass is 10.0. The second-order valence-corrected chi connectivity index (χ2v) is 4.13. The fraction of sp³-hybridized carbons (Fsp3) is 0.133. The number of nitrogens with one attached hydrogen (secondary N) is 1. The van der Waals surface area contributed by atoms with E-state index < -0.39 is 0 Å². The van der Waals surface area contributed by atoms with E-state index >= 15 is 0 Å². The Balaban J connectivity index is 2.37. The van der Waals surface area contributed by atoms with Crippen molar-refractivity contribution in [2.75, 3.05) is 0 Å². The highest BCUT2D eigenvalue weighted by Gasteiger charge is 2.01. The molecule has 0 aliphatic carbocycles. The monoisotopic (exact) mass is 222 g/mol. The number of nitriles is 1. The second kappa shape index (κ2) is 4.71. The molecule has 0 amide bonds. The van der Waals surface area contributed by atoms with Gasteiger partial charge in [-0.25, -0.2) is 0 Å². The van der Waals surface area contributed by atoms with E-state index in [1.807, 2.05) is 56.3 Å². The van der Waals surface area contributed by atoms with Crippen LogP contribution in [0.2, 0.25) is 0 Å². The van der Waals surface area contributed by atoms with Gasteiger partial charge in [0, 0.05) is 11.4 Å². The number of aryl methyl sites for hydroxylation is 2. The molecule has 0 aliphatic heterocycles. The number of H-pyrrole nitrogens is 1. The predicted octanol–water partition coefficient (Wildman–Crippen LogP) is 3.70. The van der Waals surface area contributed by atoms with Crippen LogP contribution < -0.4 is 0 Å². The first-order valence-corrected chi connectivity index (χ1v) is 5.53. The lowest BCUT2D eigenvalue weighted by Gasteiger charge is -1.99. The molecule has 0 spiro atoms. The smallest absolute Gasteiger partial charge is 0.0998 e. The molecule has 1 N–H and O–H groups in total. The largest absolute Gasteiger partial charge is 0.359 e. The molecular formula is C15H14N2. The molecule has 0 radical (unpaired) electrons. The molecule has 1 aromatic heterocycles. The summed E-state index contributed by atoms with van der Waals surface area (Å²) < 4.78 is 0. The van der Waals surface area contributed by atoms with Crippen molar-refractivity contribution in [3.63, 3.8) is 0 Å². The highest BCUT2D eigenvalue weighted by atomic mass is 14.7. The summed E-state index contributed by atoms with van der Waals surface area (Å²) in [6, 6.07) is 14.2. The first-order valence-electron chi connectivity index (χ1n) is 5.53. The summed E-state index contributed by atoms with van der Waals surface area (Å²) in [5, 5.41) is 9.18. The van der Waals surface area contributed by atoms with E-state index in [0.29, 0.717) is 5.57 Å². The van der Waals surface area contributed by atoms with Crippen molar-refractivity contribution in [2.24, 2.45) is 0 Å². The summed E-state index contributed by atoms with van der Waals surface area (Å²) in [6.45, 7) is 4.03. The third-order valence-corrected chi connectivity index (χ3v) is 2.64. The van der Waals surface area contributed by atoms with Gasteiger partial charge in [0.05, 0.1) is 11.6 Å². The molecule has 1 aromatic carbocycles. The van der Waals surface area contributed by atoms with Crippen molar-refractivity contribution in [1.29, 1.82) is 5.26 Å². The van der Waals surface area contributed by atoms with Gasteiger partial charge in [-0.15, -0.1) is 0 Å². The number of aromatic nitrogens is 1. The van der Waals surface area contributed by atoms with Crippen LogP contribution in [0.3, 0.4) is 0 Å². The number of nitrogens with zero attached hydrogens (tertiary/aromatic N) is 1. The maximum Gasteiger partial charge on any atom is 0.0998 e. The van der Waals surface area contributed by atoms with Crippen molar-refractivity contribution >= 4 is 11.6 Å². The molecule has 0 saturated heterocycles. The van der Waals surface area contributed by atoms with Gasteiger partial charge in [0.2, 0.25) is 0 Å². The molecule has 2 nitrogen and oxygen atoms in total. The molecule has 0 atom stereocenters. The van der Waals surface area contributed by atoms with Gasteiger partial charge in [-0.1, -0.05) is 29.8 Å². The molecule has 84 valence electrons. The van der Waals surface area contributed by atoms with Gasteiger partial charge in [-0.2, -0.15) is 5.26 Å². The molecule has 0 aliphatic rings. The van der Waals surface area contributed by atoms with Crippen LogP contribution in [-0.4, -0.2) is 4.98 Å². The highest BCUT2D eigenvalue weighted by molar-refractivity contribution is 5.88. The van der Waals surface area contributed by atoms with Gasteiger partial charge in [0.1, 0.15) is 0 Å². The zero-order chi connectivity index (χ0) is 12.3. The fourth-order valence-corrected chi connectivity index (χ4v) is 1.68. The molecule has 1 heterocycles. The number of hydrogen-bond donors (Lipinski definition) is 1. The number of allylic oxidation sites excluding steroid dienone is 1. The minimum atomic E-state index is 0.673. The summed E-state index contributed by atoms with van der Waals surface area (Å²) >= 11 is 0. The summed E-state index contributed by atoms with van der Waals surface area (Å²) in [5.41, 5.74) is 4.87. The Hall–Kier alpha value is -2.27. The van der Waals surface area contributed by atoms with E-state index in [0.717, 1.165) is 17.0 Å². The van der Waals surface area contributed by atoms with Gasteiger partial charge in [-0.05, 0) is 37.6 Å². The van der Waals surface area contributed by atoms with Crippen molar-refractivity contribution in [1.82, 2.24) is 4.98 Å².